The fourth-order valence-corrected chi connectivity index (χ4v) is 0. The van der Waals surface area contributed by atoms with Crippen molar-refractivity contribution in [3.8, 4) is 0 Å². The average molecular weight is 236 g/mol. The van der Waals surface area contributed by atoms with Crippen LogP contribution >= 0.6 is 0 Å². The Balaban J connectivity index is 0. The van der Waals surface area contributed by atoms with Crippen molar-refractivity contribution in [2.75, 3.05) is 0 Å². The molecule has 0 saturated carbocycles. The minimum atomic E-state index is 0. The monoisotopic (exact) mass is 236 g/mol. The Morgan fingerprint density at radius 2 is 0.500 bits per heavy atom. The fraction of sp³-hybridized carbons (Fsp3) is 0. The summed E-state index contributed by atoms with van der Waals surface area (Å²) in [5, 5.41) is 0. The molecule has 0 aromatic rings. The van der Waals surface area contributed by atoms with Gasteiger partial charge in [0.25, 0.3) is 0 Å². The van der Waals surface area contributed by atoms with E-state index in [1.165, 1.54) is 0 Å². The summed E-state index contributed by atoms with van der Waals surface area (Å²) in [6.07, 6.45) is 0. The Morgan fingerprint density at radius 1 is 0.500 bits per heavy atom. The van der Waals surface area contributed by atoms with Crippen molar-refractivity contribution in [1.29, 1.82) is 0 Å². The van der Waals surface area contributed by atoms with Crippen LogP contribution in [0.2, 0.25) is 0 Å². The van der Waals surface area contributed by atoms with Gasteiger partial charge in [0, 0.05) is 0 Å². The molecule has 8 heteroatoms. The second kappa shape index (κ2) is 200. The zero-order chi connectivity index (χ0) is 0. The van der Waals surface area contributed by atoms with Gasteiger partial charge < -0.3 is 27.4 Å². The van der Waals surface area contributed by atoms with Crippen LogP contribution in [0.4, 0.5) is 0 Å². The second-order valence-corrected chi connectivity index (χ2v) is 0. The molecule has 0 rings (SSSR count). The Morgan fingerprint density at radius 3 is 0.500 bits per heavy atom. The van der Waals surface area contributed by atoms with Gasteiger partial charge in [-0.1, -0.05) is 0 Å². The molecular formula is CrFeO5Ti. The summed E-state index contributed by atoms with van der Waals surface area (Å²) in [6.45, 7) is 0. The molecule has 5 nitrogen and oxygen atoms in total. The van der Waals surface area contributed by atoms with Gasteiger partial charge in [-0.25, -0.2) is 0 Å². The maximum Gasteiger partial charge on any atom is 4.00 e. The van der Waals surface area contributed by atoms with Crippen LogP contribution in [0.5, 0.6) is 0 Å². The van der Waals surface area contributed by atoms with E-state index in [2.05, 4.69) is 0 Å². The van der Waals surface area contributed by atoms with Gasteiger partial charge in [0.2, 0.25) is 0 Å². The molecule has 0 aliphatic carbocycles. The second-order valence-electron chi connectivity index (χ2n) is 0. The zero-order valence-corrected chi connectivity index (χ0v) is 7.24. The minimum Gasteiger partial charge on any atom is -2.00 e. The summed E-state index contributed by atoms with van der Waals surface area (Å²) < 4.78 is 0. The molecule has 0 aromatic carbocycles. The fourth-order valence-electron chi connectivity index (χ4n) is 0. The average Bonchev–Trinajstić information content (AvgIpc) is 0. The largest absolute Gasteiger partial charge is 4.00 e. The number of hydrogen-bond acceptors (Lipinski definition) is 0. The molecule has 0 amide bonds. The van der Waals surface area contributed by atoms with Gasteiger partial charge in [0.15, 0.2) is 0 Å². The molecule has 48 valence electrons. The van der Waals surface area contributed by atoms with Crippen LogP contribution in [0.15, 0.2) is 0 Å². The molecule has 0 aliphatic heterocycles. The summed E-state index contributed by atoms with van der Waals surface area (Å²) >= 11 is 0. The van der Waals surface area contributed by atoms with Gasteiger partial charge in [-0.3, -0.25) is 0 Å². The van der Waals surface area contributed by atoms with E-state index in [4.69, 9.17) is 0 Å². The van der Waals surface area contributed by atoms with E-state index in [1.54, 1.807) is 0 Å². The van der Waals surface area contributed by atoms with E-state index in [0.717, 1.165) is 0 Å². The molecule has 0 unspecified atom stereocenters. The van der Waals surface area contributed by atoms with Crippen LogP contribution in [-0.4, -0.2) is 0 Å². The van der Waals surface area contributed by atoms with Crippen molar-refractivity contribution < 1.29 is 83.5 Å². The maximum atomic E-state index is 0. The quantitative estimate of drug-likeness (QED) is 0.494. The Kier molecular flexibility index (Phi) is 7150. The van der Waals surface area contributed by atoms with E-state index < -0.39 is 0 Å². The van der Waals surface area contributed by atoms with Crippen molar-refractivity contribution in [2.45, 2.75) is 0 Å². The molecule has 0 aromatic heterocycles. The Labute approximate surface area is 83.2 Å². The SMILES string of the molecule is [Cr+3].[Fe+3].[O-2].[O-2].[O-2].[O-2].[O-2].[Ti+4]. The first-order valence-electron chi connectivity index (χ1n) is 0. The molecule has 0 aliphatic rings. The molecule has 0 atom stereocenters. The molecule has 2 radical (unpaired) electrons. The Hall–Kier alpha value is 1.57. The molecule has 8 heavy (non-hydrogen) atoms. The van der Waals surface area contributed by atoms with E-state index in [-0.39, 0.29) is 83.5 Å². The van der Waals surface area contributed by atoms with Crippen molar-refractivity contribution in [3.05, 3.63) is 0 Å². The summed E-state index contributed by atoms with van der Waals surface area (Å²) in [5.74, 6) is 0. The molecule has 0 fully saturated rings. The van der Waals surface area contributed by atoms with Gasteiger partial charge >= 0.3 is 56.1 Å². The Bertz CT molecular complexity index is 12.4. The third-order valence-corrected chi connectivity index (χ3v) is 0. The molecule has 0 bridgehead atoms. The first kappa shape index (κ1) is 286. The molecule has 0 saturated heterocycles. The van der Waals surface area contributed by atoms with E-state index in [1.807, 2.05) is 0 Å². The van der Waals surface area contributed by atoms with Gasteiger partial charge in [-0.15, -0.1) is 0 Å². The van der Waals surface area contributed by atoms with E-state index in [9.17, 15) is 0 Å². The molecule has 0 heterocycles. The number of rotatable bonds is 0. The first-order valence-corrected chi connectivity index (χ1v) is 0. The standard InChI is InChI=1S/Cr.Fe.5O.Ti/q2*+3;5*-2;+4. The van der Waals surface area contributed by atoms with Crippen LogP contribution in [0.1, 0.15) is 0 Å². The van der Waals surface area contributed by atoms with Gasteiger partial charge in [-0.2, -0.15) is 0 Å². The van der Waals surface area contributed by atoms with Crippen molar-refractivity contribution in [2.24, 2.45) is 0 Å². The maximum absolute atomic E-state index is 0. The normalized spacial score (nSPS) is 0. The summed E-state index contributed by atoms with van der Waals surface area (Å²) in [5.41, 5.74) is 0. The predicted molar refractivity (Wildman–Crippen MR) is 3.43 cm³/mol. The minimum absolute atomic E-state index is 0. The summed E-state index contributed by atoms with van der Waals surface area (Å²) in [7, 11) is 0. The third-order valence-electron chi connectivity index (χ3n) is 0. The van der Waals surface area contributed by atoms with Crippen LogP contribution < -0.4 is 0 Å². The summed E-state index contributed by atoms with van der Waals surface area (Å²) in [4.78, 5) is 0. The zero-order valence-electron chi connectivity index (χ0n) is 3.30. The van der Waals surface area contributed by atoms with Crippen molar-refractivity contribution in [1.82, 2.24) is 0 Å². The van der Waals surface area contributed by atoms with Crippen LogP contribution in [0.25, 0.3) is 0 Å². The summed E-state index contributed by atoms with van der Waals surface area (Å²) in [6, 6.07) is 0. The van der Waals surface area contributed by atoms with E-state index in [0.29, 0.717) is 0 Å². The smallest absolute Gasteiger partial charge is 2.00 e. The van der Waals surface area contributed by atoms with E-state index >= 15 is 0 Å². The topological polar surface area (TPSA) is 142 Å². The molecule has 0 N–H and O–H groups in total. The van der Waals surface area contributed by atoms with Gasteiger partial charge in [0.1, 0.15) is 0 Å². The van der Waals surface area contributed by atoms with Gasteiger partial charge in [0.05, 0.1) is 0 Å². The molecule has 0 spiro atoms. The van der Waals surface area contributed by atoms with Crippen LogP contribution in [0.3, 0.4) is 0 Å². The van der Waals surface area contributed by atoms with Crippen LogP contribution in [-0.2, 0) is 83.5 Å². The van der Waals surface area contributed by atoms with Crippen molar-refractivity contribution >= 4 is 0 Å². The first-order chi connectivity index (χ1) is 0. The van der Waals surface area contributed by atoms with Crippen LogP contribution in [0, 0.1) is 0 Å². The number of hydrogen-bond donors (Lipinski definition) is 0. The van der Waals surface area contributed by atoms with Crippen molar-refractivity contribution in [3.63, 3.8) is 0 Å². The predicted octanol–water partition coefficient (Wildman–Crippen LogP) is -0.601. The van der Waals surface area contributed by atoms with Gasteiger partial charge in [-0.05, 0) is 0 Å². The third kappa shape index (κ3) is 133. The molecular weight excluding hydrogens is 236 g/mol.